The molecule has 7 nitrogen and oxygen atoms in total. The molecule has 2 aromatic carbocycles. The lowest BCUT2D eigenvalue weighted by atomic mass is 10.1. The summed E-state index contributed by atoms with van der Waals surface area (Å²) in [4.78, 5) is 27.7. The Labute approximate surface area is 208 Å². The maximum absolute atomic E-state index is 13.5. The van der Waals surface area contributed by atoms with Gasteiger partial charge in [-0.3, -0.25) is 13.9 Å². The van der Waals surface area contributed by atoms with E-state index in [0.717, 1.165) is 34.5 Å². The number of anilines is 1. The number of carbonyl (C=O) groups is 2. The number of halogens is 1. The molecule has 0 heterocycles. The molecule has 1 atom stereocenters. The number of nitrogens with one attached hydrogen (secondary N) is 1. The summed E-state index contributed by atoms with van der Waals surface area (Å²) in [7, 11) is -3.76. The van der Waals surface area contributed by atoms with Gasteiger partial charge in [-0.2, -0.15) is 0 Å². The second kappa shape index (κ2) is 12.2. The van der Waals surface area contributed by atoms with Crippen molar-refractivity contribution in [2.24, 2.45) is 0 Å². The van der Waals surface area contributed by atoms with Gasteiger partial charge >= 0.3 is 0 Å². The van der Waals surface area contributed by atoms with E-state index in [1.807, 2.05) is 26.8 Å². The Morgan fingerprint density at radius 3 is 2.35 bits per heavy atom. The highest BCUT2D eigenvalue weighted by Crippen LogP contribution is 2.23. The molecule has 0 spiro atoms. The van der Waals surface area contributed by atoms with Gasteiger partial charge < -0.3 is 10.2 Å². The summed E-state index contributed by atoms with van der Waals surface area (Å²) in [5, 5.41) is 3.32. The molecule has 2 aromatic rings. The zero-order valence-corrected chi connectivity index (χ0v) is 22.0. The Morgan fingerprint density at radius 1 is 1.09 bits per heavy atom. The van der Waals surface area contributed by atoms with E-state index in [-0.39, 0.29) is 12.5 Å². The van der Waals surface area contributed by atoms with Crippen LogP contribution in [-0.2, 0) is 26.2 Å². The van der Waals surface area contributed by atoms with Crippen LogP contribution >= 0.6 is 11.6 Å². The van der Waals surface area contributed by atoms with Crippen LogP contribution in [0.5, 0.6) is 0 Å². The maximum atomic E-state index is 13.5. The van der Waals surface area contributed by atoms with Gasteiger partial charge in [0.1, 0.15) is 12.6 Å². The van der Waals surface area contributed by atoms with Crippen LogP contribution in [0.4, 0.5) is 5.69 Å². The molecule has 186 valence electrons. The van der Waals surface area contributed by atoms with Crippen molar-refractivity contribution in [2.75, 3.05) is 23.7 Å². The molecule has 34 heavy (non-hydrogen) atoms. The predicted octanol–water partition coefficient (Wildman–Crippen LogP) is 4.06. The van der Waals surface area contributed by atoms with Gasteiger partial charge in [-0.1, -0.05) is 49.2 Å². The normalized spacial score (nSPS) is 12.2. The fourth-order valence-corrected chi connectivity index (χ4v) is 4.46. The molecule has 0 radical (unpaired) electrons. The topological polar surface area (TPSA) is 86.8 Å². The molecule has 0 saturated heterocycles. The number of rotatable bonds is 11. The Hall–Kier alpha value is -2.58. The van der Waals surface area contributed by atoms with Crippen LogP contribution in [0.1, 0.15) is 43.4 Å². The second-order valence-electron chi connectivity index (χ2n) is 8.47. The summed E-state index contributed by atoms with van der Waals surface area (Å²) in [6.07, 6.45) is 2.82. The van der Waals surface area contributed by atoms with Gasteiger partial charge in [0.15, 0.2) is 0 Å². The van der Waals surface area contributed by atoms with E-state index in [1.165, 1.54) is 4.90 Å². The zero-order valence-electron chi connectivity index (χ0n) is 20.5. The van der Waals surface area contributed by atoms with Crippen molar-refractivity contribution < 1.29 is 18.0 Å². The molecule has 0 bridgehead atoms. The number of amides is 2. The smallest absolute Gasteiger partial charge is 0.244 e. The van der Waals surface area contributed by atoms with E-state index in [0.29, 0.717) is 22.8 Å². The molecule has 9 heteroatoms. The van der Waals surface area contributed by atoms with Crippen molar-refractivity contribution in [3.63, 3.8) is 0 Å². The van der Waals surface area contributed by atoms with Gasteiger partial charge in [0, 0.05) is 18.1 Å². The number of aryl methyl sites for hydroxylation is 2. The predicted molar refractivity (Wildman–Crippen MR) is 137 cm³/mol. The van der Waals surface area contributed by atoms with Crippen LogP contribution < -0.4 is 9.62 Å². The van der Waals surface area contributed by atoms with Crippen LogP contribution in [0, 0.1) is 13.8 Å². The first-order valence-corrected chi connectivity index (χ1v) is 13.5. The van der Waals surface area contributed by atoms with E-state index in [4.69, 9.17) is 11.6 Å². The lowest BCUT2D eigenvalue weighted by Crippen LogP contribution is -2.51. The van der Waals surface area contributed by atoms with E-state index >= 15 is 0 Å². The molecule has 2 rings (SSSR count). The van der Waals surface area contributed by atoms with Crippen molar-refractivity contribution >= 4 is 39.1 Å². The number of nitrogens with zero attached hydrogens (tertiary/aromatic N) is 2. The minimum absolute atomic E-state index is 0.0748. The summed E-state index contributed by atoms with van der Waals surface area (Å²) < 4.78 is 26.3. The SMILES string of the molecule is CCCCNC(=O)C(C)N(Cc1ccccc1Cl)C(=O)CN(c1ccc(C)c(C)c1)S(C)(=O)=O. The summed E-state index contributed by atoms with van der Waals surface area (Å²) in [5.41, 5.74) is 3.00. The lowest BCUT2D eigenvalue weighted by molar-refractivity contribution is -0.139. The molecule has 0 aliphatic heterocycles. The van der Waals surface area contributed by atoms with Crippen LogP contribution in [0.25, 0.3) is 0 Å². The van der Waals surface area contributed by atoms with Crippen molar-refractivity contribution in [2.45, 2.75) is 53.1 Å². The molecule has 1 N–H and O–H groups in total. The fourth-order valence-electron chi connectivity index (χ4n) is 3.42. The van der Waals surface area contributed by atoms with Crippen LogP contribution in [0.3, 0.4) is 0 Å². The molecule has 2 amide bonds. The highest BCUT2D eigenvalue weighted by atomic mass is 35.5. The van der Waals surface area contributed by atoms with Gasteiger partial charge in [0.25, 0.3) is 0 Å². The number of hydrogen-bond acceptors (Lipinski definition) is 4. The van der Waals surface area contributed by atoms with E-state index in [9.17, 15) is 18.0 Å². The Balaban J connectivity index is 2.38. The number of hydrogen-bond donors (Lipinski definition) is 1. The Morgan fingerprint density at radius 2 is 1.76 bits per heavy atom. The van der Waals surface area contributed by atoms with E-state index < -0.39 is 28.5 Å². The van der Waals surface area contributed by atoms with Gasteiger partial charge in [-0.15, -0.1) is 0 Å². The summed E-state index contributed by atoms with van der Waals surface area (Å²) in [5.74, 6) is -0.798. The molecular weight excluding hydrogens is 474 g/mol. The third-order valence-electron chi connectivity index (χ3n) is 5.75. The molecule has 0 saturated carbocycles. The van der Waals surface area contributed by atoms with Crippen LogP contribution in [-0.4, -0.2) is 50.5 Å². The number of carbonyl (C=O) groups excluding carboxylic acids is 2. The van der Waals surface area contributed by atoms with E-state index in [1.54, 1.807) is 43.3 Å². The highest BCUT2D eigenvalue weighted by molar-refractivity contribution is 7.92. The Kier molecular flexibility index (Phi) is 9.94. The first-order chi connectivity index (χ1) is 16.0. The average Bonchev–Trinajstić information content (AvgIpc) is 2.77. The van der Waals surface area contributed by atoms with Gasteiger partial charge in [0.2, 0.25) is 21.8 Å². The lowest BCUT2D eigenvalue weighted by Gasteiger charge is -2.31. The van der Waals surface area contributed by atoms with Crippen molar-refractivity contribution in [3.05, 3.63) is 64.2 Å². The minimum atomic E-state index is -3.76. The maximum Gasteiger partial charge on any atom is 0.244 e. The second-order valence-corrected chi connectivity index (χ2v) is 10.8. The molecule has 0 fully saturated rings. The largest absolute Gasteiger partial charge is 0.354 e. The molecular formula is C25H34ClN3O4S. The van der Waals surface area contributed by atoms with Gasteiger partial charge in [0.05, 0.1) is 11.9 Å². The third-order valence-corrected chi connectivity index (χ3v) is 7.26. The summed E-state index contributed by atoms with van der Waals surface area (Å²) in [6, 6.07) is 11.5. The van der Waals surface area contributed by atoms with Gasteiger partial charge in [-0.05, 0) is 62.1 Å². The standard InChI is InChI=1S/C25H34ClN3O4S/c1-6-7-14-27-25(31)20(4)28(16-21-10-8-9-11-23(21)26)24(30)17-29(34(5,32)33)22-13-12-18(2)19(3)15-22/h8-13,15,20H,6-7,14,16-17H2,1-5H3,(H,27,31). The average molecular weight is 508 g/mol. The van der Waals surface area contributed by atoms with Crippen LogP contribution in [0.15, 0.2) is 42.5 Å². The number of unbranched alkanes of at least 4 members (excludes halogenated alkanes) is 1. The summed E-state index contributed by atoms with van der Waals surface area (Å²) >= 11 is 6.32. The molecule has 0 aliphatic carbocycles. The first-order valence-electron chi connectivity index (χ1n) is 11.3. The van der Waals surface area contributed by atoms with E-state index in [2.05, 4.69) is 5.32 Å². The number of sulfonamides is 1. The first kappa shape index (κ1) is 27.7. The van der Waals surface area contributed by atoms with Crippen molar-refractivity contribution in [1.82, 2.24) is 10.2 Å². The minimum Gasteiger partial charge on any atom is -0.354 e. The zero-order chi connectivity index (χ0) is 25.5. The molecule has 1 unspecified atom stereocenters. The quantitative estimate of drug-likeness (QED) is 0.465. The van der Waals surface area contributed by atoms with Crippen molar-refractivity contribution in [1.29, 1.82) is 0 Å². The summed E-state index contributed by atoms with van der Waals surface area (Å²) in [6.45, 7) is 7.62. The fraction of sp³-hybridized carbons (Fsp3) is 0.440. The van der Waals surface area contributed by atoms with Gasteiger partial charge in [-0.25, -0.2) is 8.42 Å². The third kappa shape index (κ3) is 7.46. The molecule has 0 aliphatic rings. The molecule has 0 aromatic heterocycles. The van der Waals surface area contributed by atoms with Crippen molar-refractivity contribution in [3.8, 4) is 0 Å². The highest BCUT2D eigenvalue weighted by Gasteiger charge is 2.30. The Bertz CT molecular complexity index is 1120. The number of benzene rings is 2. The monoisotopic (exact) mass is 507 g/mol. The van der Waals surface area contributed by atoms with Crippen LogP contribution in [0.2, 0.25) is 5.02 Å².